The van der Waals surface area contributed by atoms with Gasteiger partial charge in [-0.15, -0.1) is 11.3 Å². The van der Waals surface area contributed by atoms with E-state index in [1.165, 1.54) is 11.4 Å². The predicted octanol–water partition coefficient (Wildman–Crippen LogP) is 2.18. The van der Waals surface area contributed by atoms with Gasteiger partial charge in [0.15, 0.2) is 0 Å². The summed E-state index contributed by atoms with van der Waals surface area (Å²) in [7, 11) is 0. The third-order valence-electron chi connectivity index (χ3n) is 2.68. The van der Waals surface area contributed by atoms with Gasteiger partial charge < -0.3 is 10.2 Å². The average Bonchev–Trinajstić information content (AvgIpc) is 2.79. The van der Waals surface area contributed by atoms with Crippen LogP contribution >= 0.6 is 11.3 Å². The molecular weight excluding hydrogens is 285 g/mol. The van der Waals surface area contributed by atoms with E-state index in [1.54, 1.807) is 0 Å². The Morgan fingerprint density at radius 1 is 1.42 bits per heavy atom. The number of thiophene rings is 1. The van der Waals surface area contributed by atoms with Gasteiger partial charge in [0.2, 0.25) is 5.60 Å². The fraction of sp³-hybridized carbons (Fsp3) is 0.455. The van der Waals surface area contributed by atoms with Gasteiger partial charge in [0.25, 0.3) is 0 Å². The SMILES string of the molecule is CC(C(=O)O)C(=O)CC(O)(c1cccs1)C(F)(F)F. The summed E-state index contributed by atoms with van der Waals surface area (Å²) in [6, 6.07) is 2.36. The minimum atomic E-state index is -5.06. The van der Waals surface area contributed by atoms with Crippen LogP contribution in [0.1, 0.15) is 18.2 Å². The van der Waals surface area contributed by atoms with E-state index in [2.05, 4.69) is 0 Å². The molecule has 0 saturated heterocycles. The molecule has 0 saturated carbocycles. The molecule has 0 amide bonds. The first-order valence-electron chi connectivity index (χ1n) is 5.18. The lowest BCUT2D eigenvalue weighted by molar-refractivity contribution is -0.266. The maximum Gasteiger partial charge on any atom is 0.422 e. The van der Waals surface area contributed by atoms with Gasteiger partial charge >= 0.3 is 12.1 Å². The molecule has 0 radical (unpaired) electrons. The number of rotatable bonds is 5. The predicted molar refractivity (Wildman–Crippen MR) is 60.7 cm³/mol. The number of carbonyl (C=O) groups excluding carboxylic acids is 1. The number of carbonyl (C=O) groups is 2. The van der Waals surface area contributed by atoms with Crippen LogP contribution in [0.2, 0.25) is 0 Å². The van der Waals surface area contributed by atoms with E-state index in [0.717, 1.165) is 13.0 Å². The van der Waals surface area contributed by atoms with Crippen LogP contribution in [0.25, 0.3) is 0 Å². The number of Topliss-reactive ketones (excluding diaryl/α,β-unsaturated/α-hetero) is 1. The molecule has 0 aromatic carbocycles. The Labute approximate surface area is 110 Å². The Morgan fingerprint density at radius 2 is 2.00 bits per heavy atom. The van der Waals surface area contributed by atoms with Crippen molar-refractivity contribution in [3.63, 3.8) is 0 Å². The number of carboxylic acids is 1. The van der Waals surface area contributed by atoms with Crippen LogP contribution < -0.4 is 0 Å². The van der Waals surface area contributed by atoms with Gasteiger partial charge in [-0.1, -0.05) is 6.07 Å². The molecule has 0 spiro atoms. The number of aliphatic hydroxyl groups is 1. The van der Waals surface area contributed by atoms with Gasteiger partial charge in [0, 0.05) is 4.88 Å². The molecule has 0 bridgehead atoms. The first kappa shape index (κ1) is 15.6. The normalized spacial score (nSPS) is 16.7. The lowest BCUT2D eigenvalue weighted by Crippen LogP contribution is -2.44. The van der Waals surface area contributed by atoms with Crippen LogP contribution in [0.4, 0.5) is 13.2 Å². The fourth-order valence-electron chi connectivity index (χ4n) is 1.38. The van der Waals surface area contributed by atoms with Gasteiger partial charge in [-0.25, -0.2) is 0 Å². The molecule has 2 atom stereocenters. The molecule has 0 aliphatic carbocycles. The van der Waals surface area contributed by atoms with Crippen molar-refractivity contribution in [1.29, 1.82) is 0 Å². The smallest absolute Gasteiger partial charge is 0.422 e. The molecule has 1 heterocycles. The van der Waals surface area contributed by atoms with Crippen LogP contribution in [0.5, 0.6) is 0 Å². The first-order chi connectivity index (χ1) is 8.59. The zero-order chi connectivity index (χ0) is 14.8. The van der Waals surface area contributed by atoms with Gasteiger partial charge in [-0.3, -0.25) is 9.59 Å². The first-order valence-corrected chi connectivity index (χ1v) is 6.06. The van der Waals surface area contributed by atoms with Gasteiger partial charge in [0.05, 0.1) is 6.42 Å². The van der Waals surface area contributed by atoms with E-state index in [9.17, 15) is 27.9 Å². The van der Waals surface area contributed by atoms with E-state index in [4.69, 9.17) is 5.11 Å². The molecule has 0 fully saturated rings. The minimum Gasteiger partial charge on any atom is -0.481 e. The quantitative estimate of drug-likeness (QED) is 0.817. The number of alkyl halides is 3. The molecule has 106 valence electrons. The number of halogens is 3. The van der Waals surface area contributed by atoms with Crippen LogP contribution in [-0.2, 0) is 15.2 Å². The Balaban J connectivity index is 3.08. The Kier molecular flexibility index (Phi) is 4.36. The van der Waals surface area contributed by atoms with Crippen molar-refractivity contribution < 1.29 is 33.0 Å². The standard InChI is InChI=1S/C11H11F3O4S/c1-6(9(16)17)7(15)5-10(18,11(12,13)14)8-3-2-4-19-8/h2-4,6,18H,5H2,1H3,(H,16,17). The van der Waals surface area contributed by atoms with Crippen LogP contribution in [-0.4, -0.2) is 28.1 Å². The number of hydrogen-bond donors (Lipinski definition) is 2. The molecule has 1 aromatic rings. The van der Waals surface area contributed by atoms with E-state index < -0.39 is 40.7 Å². The molecule has 4 nitrogen and oxygen atoms in total. The lowest BCUT2D eigenvalue weighted by Gasteiger charge is -2.29. The van der Waals surface area contributed by atoms with Crippen molar-refractivity contribution in [3.05, 3.63) is 22.4 Å². The van der Waals surface area contributed by atoms with Crippen molar-refractivity contribution in [2.45, 2.75) is 25.1 Å². The highest BCUT2D eigenvalue weighted by Crippen LogP contribution is 2.44. The summed E-state index contributed by atoms with van der Waals surface area (Å²) < 4.78 is 38.8. The summed E-state index contributed by atoms with van der Waals surface area (Å²) in [5.74, 6) is -4.31. The summed E-state index contributed by atoms with van der Waals surface area (Å²) in [5.41, 5.74) is -3.35. The lowest BCUT2D eigenvalue weighted by atomic mass is 9.90. The summed E-state index contributed by atoms with van der Waals surface area (Å²) in [5, 5.41) is 19.7. The van der Waals surface area contributed by atoms with Gasteiger partial charge in [0.1, 0.15) is 11.7 Å². The van der Waals surface area contributed by atoms with Crippen LogP contribution in [0, 0.1) is 5.92 Å². The number of carboxylic acid groups (broad SMARTS) is 1. The Hall–Kier alpha value is -1.41. The highest BCUT2D eigenvalue weighted by atomic mass is 32.1. The molecule has 19 heavy (non-hydrogen) atoms. The van der Waals surface area contributed by atoms with E-state index >= 15 is 0 Å². The van der Waals surface area contributed by atoms with Gasteiger partial charge in [-0.05, 0) is 18.4 Å². The largest absolute Gasteiger partial charge is 0.481 e. The zero-order valence-electron chi connectivity index (χ0n) is 9.77. The molecule has 0 aliphatic rings. The number of hydrogen-bond acceptors (Lipinski definition) is 4. The topological polar surface area (TPSA) is 74.6 Å². The van der Waals surface area contributed by atoms with Crippen molar-refractivity contribution >= 4 is 23.1 Å². The summed E-state index contributed by atoms with van der Waals surface area (Å²) in [6.45, 7) is 0.982. The second-order valence-electron chi connectivity index (χ2n) is 4.04. The Bertz CT molecular complexity index is 469. The Morgan fingerprint density at radius 3 is 2.37 bits per heavy atom. The zero-order valence-corrected chi connectivity index (χ0v) is 10.6. The fourth-order valence-corrected chi connectivity index (χ4v) is 2.23. The van der Waals surface area contributed by atoms with Crippen molar-refractivity contribution in [3.8, 4) is 0 Å². The van der Waals surface area contributed by atoms with Crippen molar-refractivity contribution in [1.82, 2.24) is 0 Å². The van der Waals surface area contributed by atoms with Crippen LogP contribution in [0.15, 0.2) is 17.5 Å². The minimum absolute atomic E-state index is 0.439. The number of aliphatic carboxylic acids is 1. The molecule has 8 heteroatoms. The number of ketones is 1. The van der Waals surface area contributed by atoms with Gasteiger partial charge in [-0.2, -0.15) is 13.2 Å². The summed E-state index contributed by atoms with van der Waals surface area (Å²) in [6.07, 6.45) is -6.38. The second kappa shape index (κ2) is 5.30. The summed E-state index contributed by atoms with van der Waals surface area (Å²) >= 11 is 0.649. The maximum atomic E-state index is 12.9. The highest BCUT2D eigenvalue weighted by Gasteiger charge is 2.57. The third-order valence-corrected chi connectivity index (χ3v) is 3.70. The average molecular weight is 296 g/mol. The highest BCUT2D eigenvalue weighted by molar-refractivity contribution is 7.10. The second-order valence-corrected chi connectivity index (χ2v) is 4.99. The molecular formula is C11H11F3O4S. The van der Waals surface area contributed by atoms with Crippen molar-refractivity contribution in [2.75, 3.05) is 0 Å². The summed E-state index contributed by atoms with van der Waals surface area (Å²) in [4.78, 5) is 21.6. The molecule has 1 aromatic heterocycles. The molecule has 1 rings (SSSR count). The van der Waals surface area contributed by atoms with E-state index in [-0.39, 0.29) is 0 Å². The monoisotopic (exact) mass is 296 g/mol. The van der Waals surface area contributed by atoms with Crippen LogP contribution in [0.3, 0.4) is 0 Å². The van der Waals surface area contributed by atoms with Crippen molar-refractivity contribution in [2.24, 2.45) is 5.92 Å². The molecule has 2 N–H and O–H groups in total. The third kappa shape index (κ3) is 3.13. The van der Waals surface area contributed by atoms with E-state index in [0.29, 0.717) is 11.3 Å². The van der Waals surface area contributed by atoms with E-state index in [1.807, 2.05) is 0 Å². The maximum absolute atomic E-state index is 12.9. The molecule has 2 unspecified atom stereocenters. The molecule has 0 aliphatic heterocycles.